The molecule has 172 valence electrons. The van der Waals surface area contributed by atoms with E-state index in [1.54, 1.807) is 48.2 Å². The normalized spacial score (nSPS) is 11.3. The van der Waals surface area contributed by atoms with Gasteiger partial charge in [-0.15, -0.1) is 0 Å². The highest BCUT2D eigenvalue weighted by molar-refractivity contribution is 7.98. The number of hydrogen-bond donors (Lipinski definition) is 3. The van der Waals surface area contributed by atoms with Gasteiger partial charge in [0.1, 0.15) is 17.6 Å². The Morgan fingerprint density at radius 2 is 1.66 bits per heavy atom. The maximum atomic E-state index is 12.9. The second-order valence-electron chi connectivity index (χ2n) is 6.95. The average molecular weight is 462 g/mol. The Hall–Kier alpha value is -3.07. The predicted octanol–water partition coefficient (Wildman–Crippen LogP) is 1.92. The molecule has 2 aromatic rings. The lowest BCUT2D eigenvalue weighted by molar-refractivity contribution is -0.130. The Morgan fingerprint density at radius 1 is 0.969 bits per heavy atom. The largest absolute Gasteiger partial charge is 0.484 e. The summed E-state index contributed by atoms with van der Waals surface area (Å²) in [6.07, 6.45) is 2.52. The zero-order valence-electron chi connectivity index (χ0n) is 17.9. The molecule has 1 unspecified atom stereocenters. The van der Waals surface area contributed by atoms with Crippen LogP contribution in [0.4, 0.5) is 4.39 Å². The zero-order chi connectivity index (χ0) is 23.2. The molecule has 0 bridgehead atoms. The third-order valence-corrected chi connectivity index (χ3v) is 5.04. The highest BCUT2D eigenvalue weighted by Crippen LogP contribution is 2.08. The molecular formula is C23H28FN3O4S. The van der Waals surface area contributed by atoms with Crippen molar-refractivity contribution in [2.75, 3.05) is 31.7 Å². The van der Waals surface area contributed by atoms with Crippen molar-refractivity contribution >= 4 is 29.5 Å². The van der Waals surface area contributed by atoms with Gasteiger partial charge in [-0.1, -0.05) is 30.3 Å². The van der Waals surface area contributed by atoms with Crippen LogP contribution >= 0.6 is 11.8 Å². The molecule has 3 amide bonds. The van der Waals surface area contributed by atoms with E-state index in [1.165, 1.54) is 12.1 Å². The van der Waals surface area contributed by atoms with Crippen LogP contribution in [-0.4, -0.2) is 55.5 Å². The molecule has 0 saturated carbocycles. The van der Waals surface area contributed by atoms with E-state index in [1.807, 2.05) is 12.3 Å². The minimum atomic E-state index is -0.691. The molecule has 1 atom stereocenters. The van der Waals surface area contributed by atoms with E-state index in [2.05, 4.69) is 16.0 Å². The summed E-state index contributed by atoms with van der Waals surface area (Å²) < 4.78 is 18.3. The van der Waals surface area contributed by atoms with Crippen LogP contribution in [0.2, 0.25) is 0 Å². The number of carbonyl (C=O) groups is 3. The molecule has 0 fully saturated rings. The third kappa shape index (κ3) is 9.82. The van der Waals surface area contributed by atoms with Gasteiger partial charge in [0.15, 0.2) is 6.61 Å². The molecule has 0 aliphatic carbocycles. The summed E-state index contributed by atoms with van der Waals surface area (Å²) >= 11 is 1.58. The second kappa shape index (κ2) is 14.1. The van der Waals surface area contributed by atoms with E-state index in [0.29, 0.717) is 23.5 Å². The number of para-hydroxylation sites is 1. The van der Waals surface area contributed by atoms with Crippen molar-refractivity contribution < 1.29 is 23.5 Å². The van der Waals surface area contributed by atoms with Crippen LogP contribution in [0.5, 0.6) is 5.75 Å². The standard InChI is InChI=1S/C23H28FN3O4S/c1-32-14-11-20(27-22(29)16-31-19-5-3-2-4-6-19)23(30)26-13-12-25-21(28)15-17-7-9-18(24)10-8-17/h2-10,20H,11-16H2,1H3,(H,25,28)(H,26,30)(H,27,29). The van der Waals surface area contributed by atoms with Gasteiger partial charge in [-0.05, 0) is 48.3 Å². The van der Waals surface area contributed by atoms with Crippen molar-refractivity contribution in [1.29, 1.82) is 0 Å². The molecule has 0 aromatic heterocycles. The van der Waals surface area contributed by atoms with Crippen molar-refractivity contribution in [1.82, 2.24) is 16.0 Å². The van der Waals surface area contributed by atoms with Crippen LogP contribution in [0.1, 0.15) is 12.0 Å². The number of amides is 3. The fourth-order valence-corrected chi connectivity index (χ4v) is 3.24. The first kappa shape index (κ1) is 25.2. The molecule has 2 aromatic carbocycles. The van der Waals surface area contributed by atoms with E-state index < -0.39 is 6.04 Å². The number of ether oxygens (including phenoxy) is 1. The Morgan fingerprint density at radius 3 is 2.34 bits per heavy atom. The van der Waals surface area contributed by atoms with Crippen molar-refractivity contribution in [3.8, 4) is 5.75 Å². The number of carbonyl (C=O) groups excluding carboxylic acids is 3. The summed E-state index contributed by atoms with van der Waals surface area (Å²) in [6, 6.07) is 14.0. The van der Waals surface area contributed by atoms with Crippen LogP contribution in [0.3, 0.4) is 0 Å². The summed E-state index contributed by atoms with van der Waals surface area (Å²) in [5, 5.41) is 8.13. The molecule has 3 N–H and O–H groups in total. The summed E-state index contributed by atoms with van der Waals surface area (Å²) in [6.45, 7) is 0.277. The number of nitrogens with one attached hydrogen (secondary N) is 3. The van der Waals surface area contributed by atoms with Gasteiger partial charge >= 0.3 is 0 Å². The van der Waals surface area contributed by atoms with Gasteiger partial charge in [0.25, 0.3) is 5.91 Å². The number of halogens is 1. The topological polar surface area (TPSA) is 96.5 Å². The van der Waals surface area contributed by atoms with Gasteiger partial charge in [0, 0.05) is 13.1 Å². The number of benzene rings is 2. The molecule has 0 saturated heterocycles. The number of thioether (sulfide) groups is 1. The van der Waals surface area contributed by atoms with E-state index in [0.717, 1.165) is 0 Å². The van der Waals surface area contributed by atoms with Gasteiger partial charge in [-0.2, -0.15) is 11.8 Å². The zero-order valence-corrected chi connectivity index (χ0v) is 18.8. The van der Waals surface area contributed by atoms with Crippen molar-refractivity contribution in [3.63, 3.8) is 0 Å². The maximum Gasteiger partial charge on any atom is 0.258 e. The summed E-state index contributed by atoms with van der Waals surface area (Å²) in [7, 11) is 0. The third-order valence-electron chi connectivity index (χ3n) is 4.40. The van der Waals surface area contributed by atoms with Crippen LogP contribution < -0.4 is 20.7 Å². The highest BCUT2D eigenvalue weighted by Gasteiger charge is 2.20. The van der Waals surface area contributed by atoms with Crippen molar-refractivity contribution in [3.05, 3.63) is 66.0 Å². The van der Waals surface area contributed by atoms with Crippen LogP contribution in [-0.2, 0) is 20.8 Å². The molecule has 32 heavy (non-hydrogen) atoms. The van der Waals surface area contributed by atoms with E-state index >= 15 is 0 Å². The molecule has 9 heteroatoms. The fourth-order valence-electron chi connectivity index (χ4n) is 2.77. The van der Waals surface area contributed by atoms with Gasteiger partial charge in [-0.3, -0.25) is 14.4 Å². The van der Waals surface area contributed by atoms with Gasteiger partial charge in [0.2, 0.25) is 11.8 Å². The molecule has 0 aliphatic heterocycles. The first-order valence-electron chi connectivity index (χ1n) is 10.2. The van der Waals surface area contributed by atoms with Gasteiger partial charge < -0.3 is 20.7 Å². The Balaban J connectivity index is 1.71. The van der Waals surface area contributed by atoms with Crippen molar-refractivity contribution in [2.45, 2.75) is 18.9 Å². The highest BCUT2D eigenvalue weighted by atomic mass is 32.2. The lowest BCUT2D eigenvalue weighted by atomic mass is 10.1. The SMILES string of the molecule is CSCCC(NC(=O)COc1ccccc1)C(=O)NCCNC(=O)Cc1ccc(F)cc1. The number of rotatable bonds is 13. The molecule has 2 rings (SSSR count). The summed E-state index contributed by atoms with van der Waals surface area (Å²) in [5.74, 6) is -0.0127. The van der Waals surface area contributed by atoms with Gasteiger partial charge in [0.05, 0.1) is 6.42 Å². The van der Waals surface area contributed by atoms with E-state index in [4.69, 9.17) is 4.74 Å². The van der Waals surface area contributed by atoms with Crippen LogP contribution in [0.25, 0.3) is 0 Å². The molecule has 0 radical (unpaired) electrons. The molecule has 0 spiro atoms. The average Bonchev–Trinajstić information content (AvgIpc) is 2.80. The minimum absolute atomic E-state index is 0.127. The monoisotopic (exact) mass is 461 g/mol. The Kier molecular flexibility index (Phi) is 11.1. The Labute approximate surface area is 191 Å². The first-order valence-corrected chi connectivity index (χ1v) is 11.6. The fraction of sp³-hybridized carbons (Fsp3) is 0.348. The first-order chi connectivity index (χ1) is 15.5. The molecule has 0 heterocycles. The smallest absolute Gasteiger partial charge is 0.258 e. The van der Waals surface area contributed by atoms with Crippen LogP contribution in [0.15, 0.2) is 54.6 Å². The molecular weight excluding hydrogens is 433 g/mol. The molecule has 7 nitrogen and oxygen atoms in total. The minimum Gasteiger partial charge on any atom is -0.484 e. The lowest BCUT2D eigenvalue weighted by Crippen LogP contribution is -2.49. The second-order valence-corrected chi connectivity index (χ2v) is 7.93. The summed E-state index contributed by atoms with van der Waals surface area (Å²) in [4.78, 5) is 36.7. The number of hydrogen-bond acceptors (Lipinski definition) is 5. The van der Waals surface area contributed by atoms with E-state index in [-0.39, 0.29) is 49.7 Å². The maximum absolute atomic E-state index is 12.9. The quantitative estimate of drug-likeness (QED) is 0.396. The van der Waals surface area contributed by atoms with Crippen molar-refractivity contribution in [2.24, 2.45) is 0 Å². The Bertz CT molecular complexity index is 865. The lowest BCUT2D eigenvalue weighted by Gasteiger charge is -2.18. The molecule has 0 aliphatic rings. The predicted molar refractivity (Wildman–Crippen MR) is 123 cm³/mol. The van der Waals surface area contributed by atoms with Gasteiger partial charge in [-0.25, -0.2) is 4.39 Å². The van der Waals surface area contributed by atoms with E-state index in [9.17, 15) is 18.8 Å². The van der Waals surface area contributed by atoms with Crippen LogP contribution in [0, 0.1) is 5.82 Å². The summed E-state index contributed by atoms with van der Waals surface area (Å²) in [5.41, 5.74) is 0.700.